The van der Waals surface area contributed by atoms with E-state index in [1.807, 2.05) is 18.7 Å². The monoisotopic (exact) mass is 297 g/mol. The zero-order chi connectivity index (χ0) is 15.9. The van der Waals surface area contributed by atoms with Gasteiger partial charge in [-0.3, -0.25) is 4.79 Å². The van der Waals surface area contributed by atoms with E-state index >= 15 is 0 Å². The Balaban J connectivity index is 2.95. The van der Waals surface area contributed by atoms with Gasteiger partial charge < -0.3 is 15.8 Å². The molecule has 0 bridgehead atoms. The van der Waals surface area contributed by atoms with Gasteiger partial charge in [0.2, 0.25) is 5.91 Å². The highest BCUT2D eigenvalue weighted by Crippen LogP contribution is 2.38. The number of hydrogen-bond donors (Lipinski definition) is 2. The molecule has 1 rings (SSSR count). The van der Waals surface area contributed by atoms with Crippen LogP contribution in [0.4, 0.5) is 0 Å². The van der Waals surface area contributed by atoms with Crippen molar-refractivity contribution < 1.29 is 10.0 Å². The first kappa shape index (κ1) is 17.8. The molecule has 1 amide bonds. The number of unbranched alkanes of at least 4 members (excludes halogenated alkanes) is 2. The summed E-state index contributed by atoms with van der Waals surface area (Å²) in [5.41, 5.74) is 5.14. The van der Waals surface area contributed by atoms with Crippen LogP contribution in [-0.4, -0.2) is 34.4 Å². The lowest BCUT2D eigenvalue weighted by atomic mass is 9.71. The molecule has 1 saturated carbocycles. The van der Waals surface area contributed by atoms with Gasteiger partial charge in [-0.05, 0) is 33.1 Å². The van der Waals surface area contributed by atoms with Crippen LogP contribution in [0, 0.1) is 5.41 Å². The summed E-state index contributed by atoms with van der Waals surface area (Å²) in [6, 6.07) is 0.139. The fourth-order valence-electron chi connectivity index (χ4n) is 3.23. The molecular formula is C16H31N3O2. The first-order valence-electron chi connectivity index (χ1n) is 8.28. The Morgan fingerprint density at radius 3 is 2.38 bits per heavy atom. The molecular weight excluding hydrogens is 266 g/mol. The first-order valence-corrected chi connectivity index (χ1v) is 8.28. The Kier molecular flexibility index (Phi) is 6.99. The lowest BCUT2D eigenvalue weighted by Crippen LogP contribution is -2.54. The van der Waals surface area contributed by atoms with E-state index in [9.17, 15) is 4.79 Å². The second kappa shape index (κ2) is 8.25. The van der Waals surface area contributed by atoms with E-state index in [2.05, 4.69) is 12.1 Å². The molecule has 0 unspecified atom stereocenters. The van der Waals surface area contributed by atoms with Gasteiger partial charge in [0.05, 0.1) is 0 Å². The molecule has 0 radical (unpaired) electrons. The normalized spacial score (nSPS) is 18.8. The van der Waals surface area contributed by atoms with Crippen molar-refractivity contribution in [1.29, 1.82) is 0 Å². The lowest BCUT2D eigenvalue weighted by molar-refractivity contribution is -0.141. The molecule has 3 N–H and O–H groups in total. The van der Waals surface area contributed by atoms with Crippen molar-refractivity contribution >= 4 is 11.7 Å². The summed E-state index contributed by atoms with van der Waals surface area (Å²) in [5, 5.41) is 12.3. The van der Waals surface area contributed by atoms with Gasteiger partial charge >= 0.3 is 0 Å². The lowest BCUT2D eigenvalue weighted by Gasteiger charge is -2.40. The van der Waals surface area contributed by atoms with Crippen LogP contribution in [0.25, 0.3) is 0 Å². The topological polar surface area (TPSA) is 78.9 Å². The Morgan fingerprint density at radius 2 is 1.90 bits per heavy atom. The summed E-state index contributed by atoms with van der Waals surface area (Å²) in [4.78, 5) is 15.0. The van der Waals surface area contributed by atoms with Crippen LogP contribution in [0.15, 0.2) is 5.16 Å². The molecule has 0 atom stereocenters. The Hall–Kier alpha value is -1.26. The van der Waals surface area contributed by atoms with E-state index in [4.69, 9.17) is 10.9 Å². The molecule has 1 aliphatic rings. The van der Waals surface area contributed by atoms with Crippen LogP contribution in [-0.2, 0) is 4.79 Å². The Morgan fingerprint density at radius 1 is 1.29 bits per heavy atom. The minimum atomic E-state index is -0.788. The van der Waals surface area contributed by atoms with Gasteiger partial charge in [0.1, 0.15) is 5.41 Å². The van der Waals surface area contributed by atoms with Crippen molar-refractivity contribution in [3.8, 4) is 0 Å². The summed E-state index contributed by atoms with van der Waals surface area (Å²) >= 11 is 0. The fraction of sp³-hybridized carbons (Fsp3) is 0.875. The molecule has 0 heterocycles. The third kappa shape index (κ3) is 4.11. The number of rotatable bonds is 7. The van der Waals surface area contributed by atoms with Crippen molar-refractivity contribution in [2.24, 2.45) is 16.3 Å². The summed E-state index contributed by atoms with van der Waals surface area (Å²) in [5.74, 6) is 0.136. The van der Waals surface area contributed by atoms with Crippen LogP contribution < -0.4 is 5.73 Å². The largest absolute Gasteiger partial charge is 0.409 e. The van der Waals surface area contributed by atoms with E-state index in [1.165, 1.54) is 0 Å². The van der Waals surface area contributed by atoms with Crippen LogP contribution in [0.5, 0.6) is 0 Å². The van der Waals surface area contributed by atoms with Gasteiger partial charge in [-0.1, -0.05) is 44.2 Å². The van der Waals surface area contributed by atoms with Gasteiger partial charge in [0, 0.05) is 12.6 Å². The fourth-order valence-corrected chi connectivity index (χ4v) is 3.23. The number of amides is 1. The molecule has 1 fully saturated rings. The maximum Gasteiger partial charge on any atom is 0.236 e. The number of carbonyl (C=O) groups excluding carboxylic acids is 1. The molecule has 0 aromatic carbocycles. The molecule has 0 saturated heterocycles. The third-order valence-corrected chi connectivity index (χ3v) is 4.60. The molecule has 0 aromatic rings. The summed E-state index contributed by atoms with van der Waals surface area (Å²) < 4.78 is 0. The molecule has 1 aliphatic carbocycles. The van der Waals surface area contributed by atoms with Crippen molar-refractivity contribution in [2.45, 2.75) is 78.2 Å². The number of hydrogen-bond acceptors (Lipinski definition) is 3. The molecule has 5 heteroatoms. The summed E-state index contributed by atoms with van der Waals surface area (Å²) in [7, 11) is 0. The quantitative estimate of drug-likeness (QED) is 0.249. The number of nitrogens with zero attached hydrogens (tertiary/aromatic N) is 2. The third-order valence-electron chi connectivity index (χ3n) is 4.60. The SMILES string of the molecule is CCCCCN(C(=O)C1(C(N)=NO)CCCCC1)C(C)C. The Labute approximate surface area is 128 Å². The predicted octanol–water partition coefficient (Wildman–Crippen LogP) is 3.11. The number of oxime groups is 1. The Bertz CT molecular complexity index is 361. The van der Waals surface area contributed by atoms with E-state index in [0.717, 1.165) is 45.1 Å². The van der Waals surface area contributed by atoms with Crippen LogP contribution in [0.2, 0.25) is 0 Å². The average molecular weight is 297 g/mol. The van der Waals surface area contributed by atoms with Gasteiger partial charge in [0.15, 0.2) is 5.84 Å². The van der Waals surface area contributed by atoms with E-state index in [-0.39, 0.29) is 17.8 Å². The molecule has 21 heavy (non-hydrogen) atoms. The highest BCUT2D eigenvalue weighted by molar-refractivity contribution is 6.06. The minimum Gasteiger partial charge on any atom is -0.409 e. The zero-order valence-corrected chi connectivity index (χ0v) is 13.8. The second-order valence-electron chi connectivity index (χ2n) is 6.43. The molecule has 0 aliphatic heterocycles. The molecule has 5 nitrogen and oxygen atoms in total. The second-order valence-corrected chi connectivity index (χ2v) is 6.43. The first-order chi connectivity index (χ1) is 9.99. The standard InChI is InChI=1S/C16H31N3O2/c1-4-5-9-12-19(13(2)3)15(20)16(14(17)18-21)10-7-6-8-11-16/h13,21H,4-12H2,1-3H3,(H2,17,18). The number of nitrogens with two attached hydrogens (primary N) is 1. The smallest absolute Gasteiger partial charge is 0.236 e. The highest BCUT2D eigenvalue weighted by atomic mass is 16.4. The van der Waals surface area contributed by atoms with Crippen molar-refractivity contribution in [3.05, 3.63) is 0 Å². The van der Waals surface area contributed by atoms with Crippen LogP contribution >= 0.6 is 0 Å². The van der Waals surface area contributed by atoms with Crippen LogP contribution in [0.1, 0.15) is 72.1 Å². The van der Waals surface area contributed by atoms with Gasteiger partial charge in [0.25, 0.3) is 0 Å². The highest BCUT2D eigenvalue weighted by Gasteiger charge is 2.46. The van der Waals surface area contributed by atoms with Gasteiger partial charge in [-0.2, -0.15) is 0 Å². The molecule has 122 valence electrons. The zero-order valence-electron chi connectivity index (χ0n) is 13.8. The van der Waals surface area contributed by atoms with Crippen LogP contribution in [0.3, 0.4) is 0 Å². The number of carbonyl (C=O) groups is 1. The number of amidine groups is 1. The van der Waals surface area contributed by atoms with E-state index in [1.54, 1.807) is 0 Å². The van der Waals surface area contributed by atoms with Crippen molar-refractivity contribution in [2.75, 3.05) is 6.54 Å². The minimum absolute atomic E-state index is 0.0450. The van der Waals surface area contributed by atoms with Gasteiger partial charge in [-0.15, -0.1) is 0 Å². The maximum absolute atomic E-state index is 13.1. The van der Waals surface area contributed by atoms with Crippen molar-refractivity contribution in [1.82, 2.24) is 4.90 Å². The van der Waals surface area contributed by atoms with E-state index in [0.29, 0.717) is 12.8 Å². The average Bonchev–Trinajstić information content (AvgIpc) is 2.50. The predicted molar refractivity (Wildman–Crippen MR) is 85.3 cm³/mol. The summed E-state index contributed by atoms with van der Waals surface area (Å²) in [6.45, 7) is 6.98. The molecule has 0 aromatic heterocycles. The maximum atomic E-state index is 13.1. The molecule has 0 spiro atoms. The summed E-state index contributed by atoms with van der Waals surface area (Å²) in [6.07, 6.45) is 7.68. The van der Waals surface area contributed by atoms with Crippen molar-refractivity contribution in [3.63, 3.8) is 0 Å². The van der Waals surface area contributed by atoms with E-state index < -0.39 is 5.41 Å². The van der Waals surface area contributed by atoms with Gasteiger partial charge in [-0.25, -0.2) is 0 Å².